The molecule has 20 heavy (non-hydrogen) atoms. The number of nitrogens with one attached hydrogen (secondary N) is 1. The van der Waals surface area contributed by atoms with E-state index in [4.69, 9.17) is 17.3 Å². The summed E-state index contributed by atoms with van der Waals surface area (Å²) in [5.41, 5.74) is 11.0. The molecule has 1 aromatic heterocycles. The Morgan fingerprint density at radius 3 is 2.80 bits per heavy atom. The smallest absolute Gasteiger partial charge is 0.0743 e. The molecule has 1 aromatic carbocycles. The summed E-state index contributed by atoms with van der Waals surface area (Å²) in [5.74, 6) is 0. The summed E-state index contributed by atoms with van der Waals surface area (Å²) in [5, 5.41) is 4.16. The topological polar surface area (TPSA) is 50.9 Å². The number of benzene rings is 1. The van der Waals surface area contributed by atoms with Crippen LogP contribution >= 0.6 is 11.6 Å². The first kappa shape index (κ1) is 13.6. The Morgan fingerprint density at radius 1 is 1.15 bits per heavy atom. The third-order valence-corrected chi connectivity index (χ3v) is 4.17. The van der Waals surface area contributed by atoms with E-state index in [-0.39, 0.29) is 6.04 Å². The quantitative estimate of drug-likeness (QED) is 0.892. The highest BCUT2D eigenvalue weighted by Crippen LogP contribution is 2.32. The standard InChI is InChI=1S/C16H18ClN3/c17-13-5-4-11-6-9-19-10-7-12(11)15(13)16(18)14-3-1-2-8-20-14/h1-5,8,16,19H,6-7,9-10,18H2. The predicted molar refractivity (Wildman–Crippen MR) is 82.0 cm³/mol. The van der Waals surface area contributed by atoms with Crippen molar-refractivity contribution in [2.45, 2.75) is 18.9 Å². The van der Waals surface area contributed by atoms with E-state index in [0.29, 0.717) is 0 Å². The van der Waals surface area contributed by atoms with E-state index in [1.165, 1.54) is 11.1 Å². The Hall–Kier alpha value is -1.42. The largest absolute Gasteiger partial charge is 0.319 e. The van der Waals surface area contributed by atoms with Crippen molar-refractivity contribution in [1.82, 2.24) is 10.3 Å². The minimum atomic E-state index is -0.267. The van der Waals surface area contributed by atoms with Crippen LogP contribution in [0.15, 0.2) is 36.5 Å². The first-order valence-corrected chi connectivity index (χ1v) is 7.32. The van der Waals surface area contributed by atoms with Gasteiger partial charge in [-0.05, 0) is 60.8 Å². The average molecular weight is 288 g/mol. The van der Waals surface area contributed by atoms with Gasteiger partial charge in [-0.15, -0.1) is 0 Å². The Balaban J connectivity index is 2.08. The van der Waals surface area contributed by atoms with E-state index in [0.717, 1.165) is 42.2 Å². The maximum atomic E-state index is 6.43. The molecule has 4 heteroatoms. The van der Waals surface area contributed by atoms with Crippen molar-refractivity contribution in [1.29, 1.82) is 0 Å². The van der Waals surface area contributed by atoms with Gasteiger partial charge in [-0.2, -0.15) is 0 Å². The molecule has 0 bridgehead atoms. The van der Waals surface area contributed by atoms with Crippen LogP contribution in [-0.4, -0.2) is 18.1 Å². The second-order valence-electron chi connectivity index (χ2n) is 5.08. The van der Waals surface area contributed by atoms with Gasteiger partial charge in [-0.3, -0.25) is 4.98 Å². The molecule has 1 atom stereocenters. The normalized spacial score (nSPS) is 16.3. The van der Waals surface area contributed by atoms with Crippen molar-refractivity contribution in [3.8, 4) is 0 Å². The number of nitrogens with zero attached hydrogens (tertiary/aromatic N) is 1. The molecule has 3 N–H and O–H groups in total. The highest BCUT2D eigenvalue weighted by molar-refractivity contribution is 6.31. The number of nitrogens with two attached hydrogens (primary N) is 1. The molecule has 1 aliphatic rings. The lowest BCUT2D eigenvalue weighted by molar-refractivity contribution is 0.708. The highest BCUT2D eigenvalue weighted by Gasteiger charge is 2.21. The number of fused-ring (bicyclic) bond motifs is 1. The summed E-state index contributed by atoms with van der Waals surface area (Å²) >= 11 is 6.43. The second kappa shape index (κ2) is 5.92. The van der Waals surface area contributed by atoms with Crippen LogP contribution < -0.4 is 11.1 Å². The van der Waals surface area contributed by atoms with E-state index in [1.807, 2.05) is 24.3 Å². The molecular formula is C16H18ClN3. The fourth-order valence-corrected chi connectivity index (χ4v) is 3.11. The molecule has 1 aliphatic heterocycles. The van der Waals surface area contributed by atoms with Crippen molar-refractivity contribution in [2.24, 2.45) is 5.73 Å². The van der Waals surface area contributed by atoms with E-state index in [2.05, 4.69) is 16.4 Å². The van der Waals surface area contributed by atoms with Gasteiger partial charge in [0.1, 0.15) is 0 Å². The molecule has 1 unspecified atom stereocenters. The van der Waals surface area contributed by atoms with Crippen molar-refractivity contribution in [3.63, 3.8) is 0 Å². The van der Waals surface area contributed by atoms with Crippen LogP contribution in [0.5, 0.6) is 0 Å². The van der Waals surface area contributed by atoms with Crippen molar-refractivity contribution in [2.75, 3.05) is 13.1 Å². The average Bonchev–Trinajstić information content (AvgIpc) is 2.73. The molecule has 2 heterocycles. The van der Waals surface area contributed by atoms with Gasteiger partial charge in [-0.1, -0.05) is 23.7 Å². The molecule has 3 nitrogen and oxygen atoms in total. The molecule has 0 aliphatic carbocycles. The number of halogens is 1. The summed E-state index contributed by atoms with van der Waals surface area (Å²) < 4.78 is 0. The third kappa shape index (κ3) is 2.57. The number of pyridine rings is 1. The zero-order chi connectivity index (χ0) is 13.9. The molecule has 0 fully saturated rings. The lowest BCUT2D eigenvalue weighted by Gasteiger charge is -2.19. The molecular weight excluding hydrogens is 270 g/mol. The number of aromatic nitrogens is 1. The number of rotatable bonds is 2. The number of hydrogen-bond acceptors (Lipinski definition) is 3. The molecule has 2 aromatic rings. The maximum Gasteiger partial charge on any atom is 0.0743 e. The van der Waals surface area contributed by atoms with Gasteiger partial charge in [-0.25, -0.2) is 0 Å². The van der Waals surface area contributed by atoms with E-state index in [1.54, 1.807) is 6.20 Å². The summed E-state index contributed by atoms with van der Waals surface area (Å²) in [6.07, 6.45) is 3.76. The Kier molecular flexibility index (Phi) is 4.01. The van der Waals surface area contributed by atoms with Gasteiger partial charge in [0.05, 0.1) is 11.7 Å². The molecule has 0 spiro atoms. The van der Waals surface area contributed by atoms with Crippen LogP contribution in [0.1, 0.15) is 28.4 Å². The zero-order valence-corrected chi connectivity index (χ0v) is 12.0. The molecule has 0 saturated heterocycles. The minimum Gasteiger partial charge on any atom is -0.319 e. The molecule has 0 amide bonds. The lowest BCUT2D eigenvalue weighted by Crippen LogP contribution is -2.18. The summed E-state index contributed by atoms with van der Waals surface area (Å²) in [6, 6.07) is 9.63. The van der Waals surface area contributed by atoms with E-state index < -0.39 is 0 Å². The second-order valence-corrected chi connectivity index (χ2v) is 5.49. The molecule has 0 saturated carbocycles. The molecule has 104 valence electrons. The van der Waals surface area contributed by atoms with Crippen molar-refractivity contribution < 1.29 is 0 Å². The van der Waals surface area contributed by atoms with Crippen LogP contribution in [0.4, 0.5) is 0 Å². The van der Waals surface area contributed by atoms with Crippen LogP contribution in [0.3, 0.4) is 0 Å². The summed E-state index contributed by atoms with van der Waals surface area (Å²) in [4.78, 5) is 4.37. The van der Waals surface area contributed by atoms with Gasteiger partial charge in [0.15, 0.2) is 0 Å². The molecule has 3 rings (SSSR count). The zero-order valence-electron chi connectivity index (χ0n) is 11.3. The SMILES string of the molecule is NC(c1ccccn1)c1c(Cl)ccc2c1CCNCC2. The fraction of sp³-hybridized carbons (Fsp3) is 0.312. The van der Waals surface area contributed by atoms with Gasteiger partial charge in [0.25, 0.3) is 0 Å². The lowest BCUT2D eigenvalue weighted by atomic mass is 9.91. The van der Waals surface area contributed by atoms with Crippen molar-refractivity contribution in [3.05, 3.63) is 63.9 Å². The van der Waals surface area contributed by atoms with E-state index >= 15 is 0 Å². The van der Waals surface area contributed by atoms with Crippen molar-refractivity contribution >= 4 is 11.6 Å². The van der Waals surface area contributed by atoms with Gasteiger partial charge in [0.2, 0.25) is 0 Å². The summed E-state index contributed by atoms with van der Waals surface area (Å²) in [6.45, 7) is 1.97. The van der Waals surface area contributed by atoms with Gasteiger partial charge >= 0.3 is 0 Å². The fourth-order valence-electron chi connectivity index (χ4n) is 2.82. The first-order chi connectivity index (χ1) is 9.77. The highest BCUT2D eigenvalue weighted by atomic mass is 35.5. The number of hydrogen-bond donors (Lipinski definition) is 2. The van der Waals surface area contributed by atoms with E-state index in [9.17, 15) is 0 Å². The van der Waals surface area contributed by atoms with Gasteiger partial charge < -0.3 is 11.1 Å². The Labute approximate surface area is 124 Å². The predicted octanol–water partition coefficient (Wildman–Crippen LogP) is 2.47. The monoisotopic (exact) mass is 287 g/mol. The van der Waals surface area contributed by atoms with Gasteiger partial charge in [0, 0.05) is 11.2 Å². The molecule has 0 radical (unpaired) electrons. The third-order valence-electron chi connectivity index (χ3n) is 3.84. The van der Waals surface area contributed by atoms with Crippen LogP contribution in [0, 0.1) is 0 Å². The Morgan fingerprint density at radius 2 is 2.00 bits per heavy atom. The Bertz CT molecular complexity index is 598. The maximum absolute atomic E-state index is 6.43. The summed E-state index contributed by atoms with van der Waals surface area (Å²) in [7, 11) is 0. The minimum absolute atomic E-state index is 0.267. The van der Waals surface area contributed by atoms with Crippen LogP contribution in [0.25, 0.3) is 0 Å². The first-order valence-electron chi connectivity index (χ1n) is 6.95. The van der Waals surface area contributed by atoms with Crippen LogP contribution in [-0.2, 0) is 12.8 Å². The van der Waals surface area contributed by atoms with Crippen LogP contribution in [0.2, 0.25) is 5.02 Å².